The molecule has 6 heteroatoms. The molecular weight excluding hydrogens is 338 g/mol. The van der Waals surface area contributed by atoms with Crippen molar-refractivity contribution in [3.63, 3.8) is 0 Å². The first-order chi connectivity index (χ1) is 13.2. The third kappa shape index (κ3) is 3.50. The molecule has 0 spiro atoms. The van der Waals surface area contributed by atoms with Crippen molar-refractivity contribution in [3.8, 4) is 16.9 Å². The minimum atomic E-state index is -0.165. The zero-order valence-corrected chi connectivity index (χ0v) is 14.9. The lowest BCUT2D eigenvalue weighted by Gasteiger charge is -2.06. The second-order valence-electron chi connectivity index (χ2n) is 6.17. The van der Waals surface area contributed by atoms with Gasteiger partial charge in [0.2, 0.25) is 0 Å². The molecule has 0 radical (unpaired) electrons. The fraction of sp³-hybridized carbons (Fsp3) is 0.0952. The molecule has 4 aromatic rings. The van der Waals surface area contributed by atoms with Gasteiger partial charge in [-0.1, -0.05) is 48.5 Å². The predicted molar refractivity (Wildman–Crippen MR) is 103 cm³/mol. The molecule has 2 aromatic heterocycles. The summed E-state index contributed by atoms with van der Waals surface area (Å²) in [5.41, 5.74) is 4.30. The van der Waals surface area contributed by atoms with Gasteiger partial charge in [-0.05, 0) is 18.2 Å². The van der Waals surface area contributed by atoms with Gasteiger partial charge in [-0.3, -0.25) is 9.48 Å². The van der Waals surface area contributed by atoms with Gasteiger partial charge in [0, 0.05) is 37.1 Å². The summed E-state index contributed by atoms with van der Waals surface area (Å²) in [6.45, 7) is 0.376. The third-order valence-corrected chi connectivity index (χ3v) is 4.35. The number of aryl methyl sites for hydroxylation is 1. The van der Waals surface area contributed by atoms with Gasteiger partial charge in [-0.25, -0.2) is 4.68 Å². The zero-order chi connectivity index (χ0) is 18.6. The minimum Gasteiger partial charge on any atom is -0.346 e. The van der Waals surface area contributed by atoms with Crippen LogP contribution < -0.4 is 5.32 Å². The van der Waals surface area contributed by atoms with E-state index in [4.69, 9.17) is 5.10 Å². The van der Waals surface area contributed by atoms with Gasteiger partial charge in [0.15, 0.2) is 0 Å². The van der Waals surface area contributed by atoms with Crippen LogP contribution in [0.3, 0.4) is 0 Å². The molecule has 0 fully saturated rings. The van der Waals surface area contributed by atoms with Crippen LogP contribution in [-0.4, -0.2) is 25.5 Å². The lowest BCUT2D eigenvalue weighted by molar-refractivity contribution is 0.0941. The Morgan fingerprint density at radius 2 is 1.70 bits per heavy atom. The summed E-state index contributed by atoms with van der Waals surface area (Å²) < 4.78 is 3.40. The van der Waals surface area contributed by atoms with E-state index in [9.17, 15) is 4.79 Å². The van der Waals surface area contributed by atoms with Crippen molar-refractivity contribution in [2.45, 2.75) is 6.54 Å². The van der Waals surface area contributed by atoms with Gasteiger partial charge in [0.05, 0.1) is 11.4 Å². The van der Waals surface area contributed by atoms with E-state index in [0.29, 0.717) is 12.2 Å². The minimum absolute atomic E-state index is 0.165. The lowest BCUT2D eigenvalue weighted by atomic mass is 10.1. The van der Waals surface area contributed by atoms with E-state index in [1.54, 1.807) is 24.0 Å². The van der Waals surface area contributed by atoms with E-state index in [2.05, 4.69) is 10.4 Å². The Bertz CT molecular complexity index is 1050. The highest BCUT2D eigenvalue weighted by Gasteiger charge is 2.15. The maximum absolute atomic E-state index is 12.4. The van der Waals surface area contributed by atoms with Crippen LogP contribution in [0.1, 0.15) is 16.1 Å². The molecule has 0 atom stereocenters. The van der Waals surface area contributed by atoms with Crippen LogP contribution in [0.25, 0.3) is 16.9 Å². The summed E-state index contributed by atoms with van der Waals surface area (Å²) in [6, 6.07) is 21.6. The van der Waals surface area contributed by atoms with Crippen molar-refractivity contribution in [3.05, 3.63) is 90.4 Å². The van der Waals surface area contributed by atoms with Crippen LogP contribution >= 0.6 is 0 Å². The van der Waals surface area contributed by atoms with Crippen molar-refractivity contribution in [1.29, 1.82) is 0 Å². The summed E-state index contributed by atoms with van der Waals surface area (Å²) in [5, 5.41) is 11.8. The number of rotatable bonds is 5. The van der Waals surface area contributed by atoms with Crippen molar-refractivity contribution in [1.82, 2.24) is 24.9 Å². The Labute approximate surface area is 157 Å². The van der Waals surface area contributed by atoms with Gasteiger partial charge in [0.1, 0.15) is 5.69 Å². The van der Waals surface area contributed by atoms with Gasteiger partial charge in [-0.15, -0.1) is 0 Å². The van der Waals surface area contributed by atoms with Crippen molar-refractivity contribution in [2.75, 3.05) is 0 Å². The smallest absolute Gasteiger partial charge is 0.269 e. The molecule has 134 valence electrons. The summed E-state index contributed by atoms with van der Waals surface area (Å²) >= 11 is 0. The molecule has 0 aliphatic rings. The second-order valence-corrected chi connectivity index (χ2v) is 6.17. The number of carbonyl (C=O) groups is 1. The predicted octanol–water partition coefficient (Wildman–Crippen LogP) is 3.20. The van der Waals surface area contributed by atoms with E-state index >= 15 is 0 Å². The first-order valence-electron chi connectivity index (χ1n) is 8.68. The van der Waals surface area contributed by atoms with Crippen LogP contribution in [0, 0.1) is 0 Å². The molecule has 0 saturated heterocycles. The van der Waals surface area contributed by atoms with Crippen LogP contribution in [0.4, 0.5) is 0 Å². The van der Waals surface area contributed by atoms with E-state index in [-0.39, 0.29) is 5.91 Å². The van der Waals surface area contributed by atoms with Crippen molar-refractivity contribution >= 4 is 5.91 Å². The molecule has 27 heavy (non-hydrogen) atoms. The normalized spacial score (nSPS) is 10.7. The zero-order valence-electron chi connectivity index (χ0n) is 14.9. The Balaban J connectivity index is 1.65. The van der Waals surface area contributed by atoms with Crippen LogP contribution in [0.5, 0.6) is 0 Å². The summed E-state index contributed by atoms with van der Waals surface area (Å²) in [6.07, 6.45) is 3.57. The number of hydrogen-bond acceptors (Lipinski definition) is 3. The molecule has 0 unspecified atom stereocenters. The molecule has 1 amide bonds. The largest absolute Gasteiger partial charge is 0.346 e. The van der Waals surface area contributed by atoms with Gasteiger partial charge < -0.3 is 5.32 Å². The maximum Gasteiger partial charge on any atom is 0.269 e. The van der Waals surface area contributed by atoms with E-state index in [1.165, 1.54) is 0 Å². The molecule has 2 heterocycles. The average molecular weight is 357 g/mol. The lowest BCUT2D eigenvalue weighted by Crippen LogP contribution is -2.25. The number of nitrogens with zero attached hydrogens (tertiary/aromatic N) is 4. The monoisotopic (exact) mass is 357 g/mol. The average Bonchev–Trinajstić information content (AvgIpc) is 3.34. The van der Waals surface area contributed by atoms with E-state index < -0.39 is 0 Å². The van der Waals surface area contributed by atoms with Gasteiger partial charge in [-0.2, -0.15) is 10.2 Å². The Morgan fingerprint density at radius 1 is 1.00 bits per heavy atom. The summed E-state index contributed by atoms with van der Waals surface area (Å²) in [7, 11) is 1.75. The molecule has 1 N–H and O–H groups in total. The molecule has 4 rings (SSSR count). The van der Waals surface area contributed by atoms with Crippen molar-refractivity contribution in [2.24, 2.45) is 7.05 Å². The first-order valence-corrected chi connectivity index (χ1v) is 8.68. The van der Waals surface area contributed by atoms with Crippen LogP contribution in [0.15, 0.2) is 79.1 Å². The number of benzene rings is 2. The highest BCUT2D eigenvalue weighted by molar-refractivity contribution is 5.92. The second kappa shape index (κ2) is 7.29. The quantitative estimate of drug-likeness (QED) is 0.596. The van der Waals surface area contributed by atoms with Gasteiger partial charge in [0.25, 0.3) is 5.91 Å². The van der Waals surface area contributed by atoms with Crippen molar-refractivity contribution < 1.29 is 4.79 Å². The number of nitrogens with one attached hydrogen (secondary N) is 1. The standard InChI is InChI=1S/C21H19N5O/c1-25-19(12-13-23-25)21(27)22-14-17-15-26(18-10-6-3-7-11-18)24-20(17)16-8-4-2-5-9-16/h2-13,15H,14H2,1H3,(H,22,27). The Hall–Kier alpha value is -3.67. The molecular formula is C21H19N5O. The number of aromatic nitrogens is 4. The van der Waals surface area contributed by atoms with E-state index in [1.807, 2.05) is 71.5 Å². The fourth-order valence-corrected chi connectivity index (χ4v) is 2.95. The van der Waals surface area contributed by atoms with Gasteiger partial charge >= 0.3 is 0 Å². The number of amides is 1. The maximum atomic E-state index is 12.4. The molecule has 0 aliphatic heterocycles. The molecule has 0 bridgehead atoms. The summed E-state index contributed by atoms with van der Waals surface area (Å²) in [5.74, 6) is -0.165. The Kier molecular flexibility index (Phi) is 4.53. The highest BCUT2D eigenvalue weighted by Crippen LogP contribution is 2.23. The number of carbonyl (C=O) groups excluding carboxylic acids is 1. The highest BCUT2D eigenvalue weighted by atomic mass is 16.2. The van der Waals surface area contributed by atoms with Crippen LogP contribution in [-0.2, 0) is 13.6 Å². The third-order valence-electron chi connectivity index (χ3n) is 4.35. The van der Waals surface area contributed by atoms with Crippen LogP contribution in [0.2, 0.25) is 0 Å². The Morgan fingerprint density at radius 3 is 2.37 bits per heavy atom. The van der Waals surface area contributed by atoms with E-state index in [0.717, 1.165) is 22.5 Å². The fourth-order valence-electron chi connectivity index (χ4n) is 2.95. The number of hydrogen-bond donors (Lipinski definition) is 1. The SMILES string of the molecule is Cn1nccc1C(=O)NCc1cn(-c2ccccc2)nc1-c1ccccc1. The molecule has 0 aliphatic carbocycles. The number of para-hydroxylation sites is 1. The summed E-state index contributed by atoms with van der Waals surface area (Å²) in [4.78, 5) is 12.4. The first kappa shape index (κ1) is 16.8. The molecule has 2 aromatic carbocycles. The topological polar surface area (TPSA) is 64.7 Å². The molecule has 6 nitrogen and oxygen atoms in total. The molecule has 0 saturated carbocycles.